The molecule has 3 radical (unpaired) electrons. The molecule has 6 saturated carbocycles. The van der Waals surface area contributed by atoms with Gasteiger partial charge in [0.2, 0.25) is 5.78 Å². The van der Waals surface area contributed by atoms with E-state index in [1.165, 1.54) is 0 Å². The molecule has 5 unspecified atom stereocenters. The molecule has 12 aromatic rings. The summed E-state index contributed by atoms with van der Waals surface area (Å²) in [5, 5.41) is 48.2. The predicted octanol–water partition coefficient (Wildman–Crippen LogP) is 11.4. The minimum atomic E-state index is -1.59. The molecule has 511 valence electrons. The second-order valence-electron chi connectivity index (χ2n) is 27.8. The van der Waals surface area contributed by atoms with Crippen LogP contribution in [0.4, 0.5) is 0 Å². The second kappa shape index (κ2) is 28.9. The Bertz CT molecular complexity index is 4970. The number of benzene rings is 3. The number of hydrogen-bond donors (Lipinski definition) is 6. The van der Waals surface area contributed by atoms with Gasteiger partial charge < -0.3 is 45.3 Å². The largest absolute Gasteiger partial charge is 1.00 e. The van der Waals surface area contributed by atoms with E-state index in [0.29, 0.717) is 99.8 Å². The Balaban J connectivity index is 0.000000137. The summed E-state index contributed by atoms with van der Waals surface area (Å²) in [6.07, 6.45) is 19.2. The molecule has 21 nitrogen and oxygen atoms in total. The van der Waals surface area contributed by atoms with E-state index in [1.54, 1.807) is 36.8 Å². The maximum absolute atomic E-state index is 13.2. The summed E-state index contributed by atoms with van der Waals surface area (Å²) in [4.78, 5) is 74.8. The molecular formula is C78H81BN12NaO9. The van der Waals surface area contributed by atoms with Gasteiger partial charge in [-0.05, 0) is 208 Å². The summed E-state index contributed by atoms with van der Waals surface area (Å²) >= 11 is 0. The summed E-state index contributed by atoms with van der Waals surface area (Å²) in [6.45, 7) is 11.4. The van der Waals surface area contributed by atoms with E-state index in [0.717, 1.165) is 179 Å². The van der Waals surface area contributed by atoms with Crippen LogP contribution in [0.1, 0.15) is 212 Å². The second-order valence-corrected chi connectivity index (χ2v) is 27.8. The van der Waals surface area contributed by atoms with Crippen molar-refractivity contribution in [1.82, 2.24) is 60.3 Å². The molecule has 18 rings (SSSR count). The zero-order valence-electron chi connectivity index (χ0n) is 59.1. The first-order valence-corrected chi connectivity index (χ1v) is 34.8. The van der Waals surface area contributed by atoms with Crippen molar-refractivity contribution in [2.45, 2.75) is 179 Å². The number of Topliss-reactive ketones (excluding diaryl/α,β-unsaturated/α-hetero) is 2. The zero-order chi connectivity index (χ0) is 68.4. The van der Waals surface area contributed by atoms with Gasteiger partial charge >= 0.3 is 29.6 Å². The van der Waals surface area contributed by atoms with Gasteiger partial charge in [0.15, 0.2) is 0 Å². The standard InChI is InChI=1S/C26H28N4O3.C26H26N4O3.C21H18N4O2.C5H8O.B.Na.H/c2*1-14-23(15(2)33-30-14)17-12-19(24-20(13-17)28-25(29-24)16-9-10-16)26(32,18-6-5-7-21(18)31)22-8-3-4-11-27-22;1-11-18(12(2)27-25-11)14-9-15(20(26)16-5-3-4-8-22-16)19-17(10-14)23-21(24-19)13-6-7-13;6-5-3-1-2-4-5;;;/h3-4,8,11-13,16,18,21,31-32H,5-7,9-10H2,1-2H3,(H,28,29);3-4,8,11-13,16,18,32H,5-7,9-10H2,1-2H3,(H,28,29);3-5,8-10,13H,6-7H2,1-2H3,(H,23,24);1-4H2;;;/q;;;;;+1;-1. The van der Waals surface area contributed by atoms with Crippen molar-refractivity contribution >= 4 is 58.9 Å². The number of nitrogens with one attached hydrogen (secondary N) is 3. The number of rotatable bonds is 14. The van der Waals surface area contributed by atoms with Crippen LogP contribution in [0.15, 0.2) is 123 Å². The first kappa shape index (κ1) is 70.5. The van der Waals surface area contributed by atoms with Gasteiger partial charge in [-0.3, -0.25) is 29.3 Å². The number of H-pyrrole nitrogens is 3. The number of ketones is 3. The number of aliphatic hydroxyl groups excluding tert-OH is 1. The number of carbonyl (C=O) groups excluding carboxylic acids is 3. The predicted molar refractivity (Wildman–Crippen MR) is 377 cm³/mol. The Labute approximate surface area is 609 Å². The third-order valence-corrected chi connectivity index (χ3v) is 20.7. The quantitative estimate of drug-likeness (QED) is 0.0435. The molecule has 6 aliphatic carbocycles. The summed E-state index contributed by atoms with van der Waals surface area (Å²) in [5.74, 6) is 5.76. The molecule has 3 aromatic carbocycles. The van der Waals surface area contributed by atoms with E-state index in [-0.39, 0.29) is 56.9 Å². The maximum Gasteiger partial charge on any atom is 1.00 e. The van der Waals surface area contributed by atoms with Crippen molar-refractivity contribution in [3.05, 3.63) is 195 Å². The van der Waals surface area contributed by atoms with Crippen molar-refractivity contribution in [2.24, 2.45) is 11.8 Å². The smallest absolute Gasteiger partial charge is 1.00 e. The number of carbonyl (C=O) groups is 3. The van der Waals surface area contributed by atoms with E-state index in [2.05, 4.69) is 51.4 Å². The Kier molecular flexibility index (Phi) is 20.2. The number of hydrogen-bond acceptors (Lipinski definition) is 18. The molecule has 0 aliphatic heterocycles. The van der Waals surface area contributed by atoms with Crippen LogP contribution >= 0.6 is 0 Å². The van der Waals surface area contributed by atoms with Gasteiger partial charge in [0.05, 0.1) is 79.2 Å². The number of pyridine rings is 3. The van der Waals surface area contributed by atoms with Crippen molar-refractivity contribution in [3.8, 4) is 33.4 Å². The van der Waals surface area contributed by atoms with Gasteiger partial charge in [-0.1, -0.05) is 40.1 Å². The molecule has 0 bridgehead atoms. The zero-order valence-corrected chi connectivity index (χ0v) is 60.1. The van der Waals surface area contributed by atoms with Crippen LogP contribution in [0.5, 0.6) is 0 Å². The van der Waals surface area contributed by atoms with Crippen molar-refractivity contribution in [3.63, 3.8) is 0 Å². The van der Waals surface area contributed by atoms with Crippen LogP contribution in [0, 0.1) is 53.4 Å². The fraction of sp³-hybridized carbons (Fsp3) is 0.385. The van der Waals surface area contributed by atoms with Gasteiger partial charge in [0.25, 0.3) is 0 Å². The number of aliphatic hydroxyl groups is 3. The molecule has 101 heavy (non-hydrogen) atoms. The van der Waals surface area contributed by atoms with Crippen molar-refractivity contribution in [2.75, 3.05) is 0 Å². The van der Waals surface area contributed by atoms with E-state index in [1.807, 2.05) is 108 Å². The number of fused-ring (bicyclic) bond motifs is 3. The van der Waals surface area contributed by atoms with E-state index >= 15 is 0 Å². The van der Waals surface area contributed by atoms with Crippen LogP contribution in [-0.2, 0) is 20.8 Å². The molecule has 9 heterocycles. The number of aromatic amines is 3. The van der Waals surface area contributed by atoms with Crippen LogP contribution in [0.25, 0.3) is 66.5 Å². The number of imidazole rings is 3. The minimum absolute atomic E-state index is 0. The van der Waals surface area contributed by atoms with Gasteiger partial charge in [-0.25, -0.2) is 15.0 Å². The Morgan fingerprint density at radius 2 is 0.941 bits per heavy atom. The summed E-state index contributed by atoms with van der Waals surface area (Å²) in [5.41, 5.74) is 12.6. The van der Waals surface area contributed by atoms with Crippen molar-refractivity contribution in [1.29, 1.82) is 0 Å². The van der Waals surface area contributed by atoms with Gasteiger partial charge in [-0.2, -0.15) is 0 Å². The molecular weight excluding hydrogens is 1280 g/mol. The molecule has 5 atom stereocenters. The molecule has 6 fully saturated rings. The SMILES string of the molecule is Cc1noc(C)c1-c1cc(C(=O)c2ccccn2)c2nc(C3CC3)[nH]c2c1.Cc1noc(C)c1-c1cc(C(O)(c2ccccn2)C2CCCC2=O)c2nc(C3CC3)[nH]c2c1.Cc1noc(C)c1-c1cc(C(O)(c2ccccn2)C2CCCC2O)c2nc(C3CC3)[nH]c2c1.O=C1CCCC1.[B].[H-].[Na+]. The summed E-state index contributed by atoms with van der Waals surface area (Å²) < 4.78 is 16.2. The Morgan fingerprint density at radius 1 is 0.505 bits per heavy atom. The van der Waals surface area contributed by atoms with Crippen LogP contribution in [0.3, 0.4) is 0 Å². The third-order valence-electron chi connectivity index (χ3n) is 20.7. The van der Waals surface area contributed by atoms with Gasteiger partial charge in [0.1, 0.15) is 63.2 Å². The van der Waals surface area contributed by atoms with Gasteiger partial charge in [-0.15, -0.1) is 0 Å². The molecule has 9 aromatic heterocycles. The number of aryl methyl sites for hydroxylation is 6. The normalized spacial score (nSPS) is 19.2. The van der Waals surface area contributed by atoms with Crippen molar-refractivity contribution < 1.29 is 74.3 Å². The van der Waals surface area contributed by atoms with Crippen LogP contribution in [0.2, 0.25) is 0 Å². The fourth-order valence-electron chi connectivity index (χ4n) is 15.2. The molecule has 23 heteroatoms. The van der Waals surface area contributed by atoms with Crippen LogP contribution < -0.4 is 29.6 Å². The first-order chi connectivity index (χ1) is 47.9. The maximum atomic E-state index is 13.2. The third kappa shape index (κ3) is 13.7. The molecule has 6 aliphatic rings. The number of aromatic nitrogens is 12. The van der Waals surface area contributed by atoms with E-state index in [4.69, 9.17) is 28.5 Å². The molecule has 0 spiro atoms. The molecule has 0 amide bonds. The molecule has 6 N–H and O–H groups in total. The summed E-state index contributed by atoms with van der Waals surface area (Å²) in [7, 11) is 0. The monoisotopic (exact) mass is 1360 g/mol. The first-order valence-electron chi connectivity index (χ1n) is 34.8. The minimum Gasteiger partial charge on any atom is -1.00 e. The summed E-state index contributed by atoms with van der Waals surface area (Å²) in [6, 6.07) is 28.3. The van der Waals surface area contributed by atoms with E-state index in [9.17, 15) is 29.7 Å². The molecule has 0 saturated heterocycles. The van der Waals surface area contributed by atoms with E-state index < -0.39 is 23.2 Å². The Morgan fingerprint density at radius 3 is 1.32 bits per heavy atom. The fourth-order valence-corrected chi connectivity index (χ4v) is 15.2. The van der Waals surface area contributed by atoms with Crippen LogP contribution in [-0.4, -0.2) is 108 Å². The topological polar surface area (TPSA) is 315 Å². The van der Waals surface area contributed by atoms with Gasteiger partial charge in [0, 0.05) is 97.8 Å². The average Bonchev–Trinajstić information content (AvgIpc) is 1.43. The number of nitrogens with zero attached hydrogens (tertiary/aromatic N) is 9. The average molecular weight is 1360 g/mol. The Hall–Kier alpha value is -8.90.